The van der Waals surface area contributed by atoms with Gasteiger partial charge in [-0.25, -0.2) is 9.18 Å². The summed E-state index contributed by atoms with van der Waals surface area (Å²) in [5.41, 5.74) is 6.58. The molecule has 3 aliphatic heterocycles. The second kappa shape index (κ2) is 9.11. The van der Waals surface area contributed by atoms with E-state index < -0.39 is 17.9 Å². The minimum absolute atomic E-state index is 0.0254. The van der Waals surface area contributed by atoms with E-state index in [1.54, 1.807) is 12.1 Å². The van der Waals surface area contributed by atoms with Crippen LogP contribution in [0.15, 0.2) is 28.8 Å². The Hall–Kier alpha value is -1.98. The molecule has 0 saturated carbocycles. The van der Waals surface area contributed by atoms with E-state index in [9.17, 15) is 29.3 Å². The third-order valence-corrected chi connectivity index (χ3v) is 8.23. The van der Waals surface area contributed by atoms with Gasteiger partial charge in [-0.15, -0.1) is 11.8 Å². The minimum atomic E-state index is -1.14. The van der Waals surface area contributed by atoms with E-state index in [2.05, 4.69) is 5.32 Å². The first-order valence-electron chi connectivity index (χ1n) is 10.8. The van der Waals surface area contributed by atoms with Crippen LogP contribution >= 0.6 is 11.8 Å². The third kappa shape index (κ3) is 3.84. The fourth-order valence-corrected chi connectivity index (χ4v) is 6.59. The average molecular weight is 466 g/mol. The second-order valence-corrected chi connectivity index (χ2v) is 9.96. The maximum Gasteiger partial charge on any atom is 0.353 e. The molecule has 8 nitrogen and oxygen atoms in total. The number of benzene rings is 1. The molecule has 0 aliphatic carbocycles. The number of thioether (sulfide) groups is 1. The first kappa shape index (κ1) is 23.2. The van der Waals surface area contributed by atoms with Crippen LogP contribution in [-0.4, -0.2) is 62.6 Å². The predicted molar refractivity (Wildman–Crippen MR) is 117 cm³/mol. The van der Waals surface area contributed by atoms with Gasteiger partial charge in [0, 0.05) is 47.4 Å². The SMILES string of the molecule is C[C@H]1C(S[C@@H]2CN[C@H](C(O)c3cc(CN)ccc3F)C2)=C(C(=O)O)N2C(=O)[C@@H](CCO)[C@@H]12. The predicted octanol–water partition coefficient (Wildman–Crippen LogP) is 0.937. The lowest BCUT2D eigenvalue weighted by molar-refractivity contribution is -0.157. The van der Waals surface area contributed by atoms with Gasteiger partial charge in [-0.05, 0) is 30.5 Å². The van der Waals surface area contributed by atoms with Crippen LogP contribution in [0.2, 0.25) is 0 Å². The first-order chi connectivity index (χ1) is 15.3. The van der Waals surface area contributed by atoms with Crippen LogP contribution in [0.3, 0.4) is 0 Å². The standard InChI is InChI=1S/C22H28FN3O5S/c1-10-17-13(4-5-27)21(29)26(17)18(22(30)31)20(10)32-12-7-16(25-9-12)19(28)14-6-11(8-24)2-3-15(14)23/h2-3,6,10,12-13,16-17,19,25,27-28H,4-5,7-9,24H2,1H3,(H,30,31)/t10-,12+,13+,16+,17-,19?/m1/s1. The minimum Gasteiger partial charge on any atom is -0.477 e. The average Bonchev–Trinajstić information content (AvgIpc) is 3.34. The van der Waals surface area contributed by atoms with Crippen molar-refractivity contribution >= 4 is 23.6 Å². The highest BCUT2D eigenvalue weighted by atomic mass is 32.2. The molecule has 2 saturated heterocycles. The van der Waals surface area contributed by atoms with Crippen LogP contribution in [0, 0.1) is 17.7 Å². The molecule has 3 heterocycles. The number of aliphatic hydroxyl groups excluding tert-OH is 2. The lowest BCUT2D eigenvalue weighted by atomic mass is 9.80. The van der Waals surface area contributed by atoms with Gasteiger partial charge in [0.25, 0.3) is 0 Å². The Balaban J connectivity index is 1.49. The van der Waals surface area contributed by atoms with E-state index in [1.165, 1.54) is 22.7 Å². The zero-order valence-electron chi connectivity index (χ0n) is 17.7. The van der Waals surface area contributed by atoms with Crippen LogP contribution < -0.4 is 11.1 Å². The van der Waals surface area contributed by atoms with Crippen molar-refractivity contribution in [3.05, 3.63) is 45.7 Å². The molecule has 0 spiro atoms. The largest absolute Gasteiger partial charge is 0.477 e. The maximum absolute atomic E-state index is 14.3. The quantitative estimate of drug-likeness (QED) is 0.358. The van der Waals surface area contributed by atoms with E-state index in [1.807, 2.05) is 6.92 Å². The van der Waals surface area contributed by atoms with Gasteiger partial charge in [0.1, 0.15) is 11.5 Å². The maximum atomic E-state index is 14.3. The topological polar surface area (TPSA) is 136 Å². The van der Waals surface area contributed by atoms with Crippen molar-refractivity contribution in [2.75, 3.05) is 13.2 Å². The molecule has 10 heteroatoms. The monoisotopic (exact) mass is 465 g/mol. The Bertz CT molecular complexity index is 957. The zero-order chi connectivity index (χ0) is 23.2. The highest BCUT2D eigenvalue weighted by Crippen LogP contribution is 2.52. The fourth-order valence-electron chi connectivity index (χ4n) is 5.10. The van der Waals surface area contributed by atoms with Crippen LogP contribution in [-0.2, 0) is 16.1 Å². The van der Waals surface area contributed by atoms with Crippen molar-refractivity contribution in [3.8, 4) is 0 Å². The Morgan fingerprint density at radius 3 is 2.84 bits per heavy atom. The smallest absolute Gasteiger partial charge is 0.353 e. The number of hydrogen-bond acceptors (Lipinski definition) is 7. The molecule has 4 rings (SSSR count). The number of amides is 1. The number of hydrogen-bond donors (Lipinski definition) is 5. The number of halogens is 1. The van der Waals surface area contributed by atoms with Gasteiger partial charge in [-0.1, -0.05) is 13.0 Å². The number of β-lactam (4-membered cyclic amide) rings is 1. The summed E-state index contributed by atoms with van der Waals surface area (Å²) in [5.74, 6) is -2.40. The molecule has 6 N–H and O–H groups in total. The number of carboxylic acids is 1. The van der Waals surface area contributed by atoms with E-state index in [-0.39, 0.29) is 59.5 Å². The normalized spacial score (nSPS) is 30.5. The van der Waals surface area contributed by atoms with Crippen molar-refractivity contribution in [1.29, 1.82) is 0 Å². The number of aliphatic carboxylic acids is 1. The van der Waals surface area contributed by atoms with E-state index in [0.29, 0.717) is 24.3 Å². The number of carbonyl (C=O) groups is 2. The number of aliphatic hydroxyl groups is 2. The van der Waals surface area contributed by atoms with Crippen molar-refractivity contribution in [3.63, 3.8) is 0 Å². The van der Waals surface area contributed by atoms with Gasteiger partial charge >= 0.3 is 5.97 Å². The third-order valence-electron chi connectivity index (χ3n) is 6.72. The van der Waals surface area contributed by atoms with Gasteiger partial charge in [0.2, 0.25) is 5.91 Å². The van der Waals surface area contributed by atoms with Crippen LogP contribution in [0.4, 0.5) is 4.39 Å². The lowest BCUT2D eigenvalue weighted by Gasteiger charge is -2.45. The molecule has 174 valence electrons. The second-order valence-electron chi connectivity index (χ2n) is 8.62. The molecule has 0 radical (unpaired) electrons. The summed E-state index contributed by atoms with van der Waals surface area (Å²) in [7, 11) is 0. The molecule has 1 unspecified atom stereocenters. The van der Waals surface area contributed by atoms with Crippen LogP contribution in [0.25, 0.3) is 0 Å². The molecule has 0 aromatic heterocycles. The molecule has 2 fully saturated rings. The van der Waals surface area contributed by atoms with Gasteiger partial charge < -0.3 is 31.3 Å². The molecule has 32 heavy (non-hydrogen) atoms. The molecule has 6 atom stereocenters. The number of rotatable bonds is 8. The highest BCUT2D eigenvalue weighted by molar-refractivity contribution is 8.03. The van der Waals surface area contributed by atoms with Gasteiger partial charge in [-0.3, -0.25) is 4.79 Å². The van der Waals surface area contributed by atoms with Crippen molar-refractivity contribution in [2.45, 2.75) is 49.7 Å². The zero-order valence-corrected chi connectivity index (χ0v) is 18.5. The number of carbonyl (C=O) groups excluding carboxylic acids is 1. The van der Waals surface area contributed by atoms with Crippen molar-refractivity contribution < 1.29 is 29.3 Å². The van der Waals surface area contributed by atoms with E-state index in [0.717, 1.165) is 5.56 Å². The molecule has 0 bridgehead atoms. The van der Waals surface area contributed by atoms with Crippen LogP contribution in [0.5, 0.6) is 0 Å². The first-order valence-corrected chi connectivity index (χ1v) is 11.6. The van der Waals surface area contributed by atoms with Crippen LogP contribution in [0.1, 0.15) is 37.0 Å². The van der Waals surface area contributed by atoms with Gasteiger partial charge in [0.15, 0.2) is 0 Å². The van der Waals surface area contributed by atoms with Crippen molar-refractivity contribution in [1.82, 2.24) is 10.2 Å². The Morgan fingerprint density at radius 2 is 2.19 bits per heavy atom. The number of nitrogens with zero attached hydrogens (tertiary/aromatic N) is 1. The molecule has 3 aliphatic rings. The van der Waals surface area contributed by atoms with Crippen molar-refractivity contribution in [2.24, 2.45) is 17.6 Å². The lowest BCUT2D eigenvalue weighted by Crippen LogP contribution is -2.60. The summed E-state index contributed by atoms with van der Waals surface area (Å²) in [4.78, 5) is 26.4. The summed E-state index contributed by atoms with van der Waals surface area (Å²) < 4.78 is 14.3. The molecule has 1 aromatic rings. The summed E-state index contributed by atoms with van der Waals surface area (Å²) >= 11 is 1.41. The number of nitrogens with two attached hydrogens (primary N) is 1. The fraction of sp³-hybridized carbons (Fsp3) is 0.545. The Labute approximate surface area is 189 Å². The van der Waals surface area contributed by atoms with E-state index in [4.69, 9.17) is 5.73 Å². The summed E-state index contributed by atoms with van der Waals surface area (Å²) in [6, 6.07) is 3.83. The summed E-state index contributed by atoms with van der Waals surface area (Å²) in [6.07, 6.45) is -0.224. The van der Waals surface area contributed by atoms with Gasteiger partial charge in [-0.2, -0.15) is 0 Å². The van der Waals surface area contributed by atoms with E-state index >= 15 is 0 Å². The number of fused-ring (bicyclic) bond motifs is 1. The summed E-state index contributed by atoms with van der Waals surface area (Å²) in [6.45, 7) is 2.56. The number of carboxylic acid groups (broad SMARTS) is 1. The highest BCUT2D eigenvalue weighted by Gasteiger charge is 2.58. The molecule has 1 aromatic carbocycles. The molecular formula is C22H28FN3O5S. The van der Waals surface area contributed by atoms with Gasteiger partial charge in [0.05, 0.1) is 18.1 Å². The Morgan fingerprint density at radius 1 is 1.44 bits per heavy atom. The molecule has 1 amide bonds. The summed E-state index contributed by atoms with van der Waals surface area (Å²) in [5, 5.41) is 33.0. The molecular weight excluding hydrogens is 437 g/mol. The number of nitrogens with one attached hydrogen (secondary N) is 1. The Kier molecular flexibility index (Phi) is 6.60.